The lowest BCUT2D eigenvalue weighted by molar-refractivity contribution is 0.0899. The number of hydrogen-bond acceptors (Lipinski definition) is 3. The molecule has 0 radical (unpaired) electrons. The van der Waals surface area contributed by atoms with Crippen LogP contribution in [0.25, 0.3) is 0 Å². The van der Waals surface area contributed by atoms with Crippen LogP contribution in [0.3, 0.4) is 0 Å². The number of aliphatic hydroxyl groups is 1. The molecule has 0 aromatic rings. The van der Waals surface area contributed by atoms with E-state index in [4.69, 9.17) is 5.73 Å². The number of hydrogen-bond donors (Lipinski definition) is 2. The number of rotatable bonds is 3. The van der Waals surface area contributed by atoms with Crippen molar-refractivity contribution in [3.8, 4) is 0 Å². The highest BCUT2D eigenvalue weighted by Crippen LogP contribution is 2.34. The molecule has 0 aromatic carbocycles. The van der Waals surface area contributed by atoms with Gasteiger partial charge in [-0.15, -0.1) is 0 Å². The molecule has 5 unspecified atom stereocenters. The average Bonchev–Trinajstić information content (AvgIpc) is 2.70. The molecule has 1 heterocycles. The largest absolute Gasteiger partial charge is 0.395 e. The van der Waals surface area contributed by atoms with E-state index in [9.17, 15) is 5.11 Å². The van der Waals surface area contributed by atoms with Crippen molar-refractivity contribution in [2.45, 2.75) is 51.6 Å². The lowest BCUT2D eigenvalue weighted by Gasteiger charge is -2.40. The average molecular weight is 240 g/mol. The Morgan fingerprint density at radius 3 is 2.71 bits per heavy atom. The van der Waals surface area contributed by atoms with Gasteiger partial charge in [0, 0.05) is 18.6 Å². The second kappa shape index (κ2) is 5.68. The van der Waals surface area contributed by atoms with E-state index in [2.05, 4.69) is 18.7 Å². The van der Waals surface area contributed by atoms with Crippen molar-refractivity contribution in [2.75, 3.05) is 19.7 Å². The van der Waals surface area contributed by atoms with E-state index >= 15 is 0 Å². The molecule has 0 aromatic heterocycles. The predicted molar refractivity (Wildman–Crippen MR) is 70.7 cm³/mol. The summed E-state index contributed by atoms with van der Waals surface area (Å²) in [6.45, 7) is 7.23. The fourth-order valence-electron chi connectivity index (χ4n) is 3.90. The molecular formula is C14H28N2O. The third-order valence-corrected chi connectivity index (χ3v) is 4.88. The zero-order chi connectivity index (χ0) is 12.4. The first-order chi connectivity index (χ1) is 8.11. The molecule has 1 saturated carbocycles. The van der Waals surface area contributed by atoms with Gasteiger partial charge in [-0.1, -0.05) is 13.8 Å². The van der Waals surface area contributed by atoms with Crippen LogP contribution in [0.15, 0.2) is 0 Å². The standard InChI is InChI=1S/C14H28N2O/c1-10-6-11(2)13(14(15)7-10)8-16-5-3-4-12(16)9-17/h10-14,17H,3-9,15H2,1-2H3. The van der Waals surface area contributed by atoms with E-state index in [1.807, 2.05) is 0 Å². The van der Waals surface area contributed by atoms with Gasteiger partial charge in [0.2, 0.25) is 0 Å². The van der Waals surface area contributed by atoms with Crippen molar-refractivity contribution in [2.24, 2.45) is 23.5 Å². The van der Waals surface area contributed by atoms with E-state index in [1.165, 1.54) is 19.3 Å². The molecule has 3 heteroatoms. The van der Waals surface area contributed by atoms with Gasteiger partial charge in [0.15, 0.2) is 0 Å². The van der Waals surface area contributed by atoms with Gasteiger partial charge in [-0.05, 0) is 50.0 Å². The van der Waals surface area contributed by atoms with Crippen LogP contribution in [0.1, 0.15) is 39.5 Å². The third kappa shape index (κ3) is 3.01. The van der Waals surface area contributed by atoms with Crippen LogP contribution in [0.5, 0.6) is 0 Å². The fourth-order valence-corrected chi connectivity index (χ4v) is 3.90. The van der Waals surface area contributed by atoms with Crippen molar-refractivity contribution < 1.29 is 5.11 Å². The predicted octanol–water partition coefficient (Wildman–Crippen LogP) is 1.45. The maximum Gasteiger partial charge on any atom is 0.0586 e. The molecule has 0 bridgehead atoms. The van der Waals surface area contributed by atoms with Crippen LogP contribution in [0, 0.1) is 17.8 Å². The summed E-state index contributed by atoms with van der Waals surface area (Å²) in [5.74, 6) is 2.13. The molecule has 1 aliphatic carbocycles. The first kappa shape index (κ1) is 13.3. The van der Waals surface area contributed by atoms with Crippen molar-refractivity contribution in [3.63, 3.8) is 0 Å². The number of nitrogens with zero attached hydrogens (tertiary/aromatic N) is 1. The zero-order valence-corrected chi connectivity index (χ0v) is 11.3. The van der Waals surface area contributed by atoms with E-state index < -0.39 is 0 Å². The molecule has 5 atom stereocenters. The summed E-state index contributed by atoms with van der Waals surface area (Å²) < 4.78 is 0. The highest BCUT2D eigenvalue weighted by Gasteiger charge is 2.35. The van der Waals surface area contributed by atoms with Gasteiger partial charge in [0.1, 0.15) is 0 Å². The van der Waals surface area contributed by atoms with Gasteiger partial charge in [0.25, 0.3) is 0 Å². The molecule has 0 amide bonds. The summed E-state index contributed by atoms with van der Waals surface area (Å²) in [7, 11) is 0. The summed E-state index contributed by atoms with van der Waals surface area (Å²) in [6.07, 6.45) is 4.88. The molecule has 1 saturated heterocycles. The van der Waals surface area contributed by atoms with Crippen LogP contribution < -0.4 is 5.73 Å². The van der Waals surface area contributed by atoms with Crippen molar-refractivity contribution >= 4 is 0 Å². The third-order valence-electron chi connectivity index (χ3n) is 4.88. The molecule has 2 aliphatic rings. The minimum Gasteiger partial charge on any atom is -0.395 e. The Balaban J connectivity index is 1.93. The van der Waals surface area contributed by atoms with E-state index in [0.29, 0.717) is 24.6 Å². The molecule has 2 fully saturated rings. The SMILES string of the molecule is CC1CC(C)C(CN2CCCC2CO)C(N)C1. The normalized spacial score (nSPS) is 44.1. The second-order valence-corrected chi connectivity index (χ2v) is 6.36. The van der Waals surface area contributed by atoms with Gasteiger partial charge < -0.3 is 10.8 Å². The van der Waals surface area contributed by atoms with Gasteiger partial charge in [-0.2, -0.15) is 0 Å². The van der Waals surface area contributed by atoms with Crippen molar-refractivity contribution in [3.05, 3.63) is 0 Å². The Morgan fingerprint density at radius 1 is 1.29 bits per heavy atom. The number of nitrogens with two attached hydrogens (primary N) is 1. The Kier molecular flexibility index (Phi) is 4.45. The van der Waals surface area contributed by atoms with Crippen molar-refractivity contribution in [1.29, 1.82) is 0 Å². The van der Waals surface area contributed by atoms with Gasteiger partial charge in [-0.25, -0.2) is 0 Å². The monoisotopic (exact) mass is 240 g/mol. The minimum absolute atomic E-state index is 0.312. The van der Waals surface area contributed by atoms with Gasteiger partial charge in [-0.3, -0.25) is 4.90 Å². The first-order valence-corrected chi connectivity index (χ1v) is 7.22. The topological polar surface area (TPSA) is 49.5 Å². The van der Waals surface area contributed by atoms with E-state index in [-0.39, 0.29) is 0 Å². The second-order valence-electron chi connectivity index (χ2n) is 6.36. The lowest BCUT2D eigenvalue weighted by atomic mass is 9.72. The summed E-state index contributed by atoms with van der Waals surface area (Å²) in [5.41, 5.74) is 6.34. The van der Waals surface area contributed by atoms with Gasteiger partial charge in [0.05, 0.1) is 6.61 Å². The highest BCUT2D eigenvalue weighted by molar-refractivity contribution is 4.90. The van der Waals surface area contributed by atoms with Gasteiger partial charge >= 0.3 is 0 Å². The Bertz CT molecular complexity index is 234. The Labute approximate surface area is 105 Å². The van der Waals surface area contributed by atoms with Crippen LogP contribution in [0.4, 0.5) is 0 Å². The molecule has 2 rings (SSSR count). The maximum absolute atomic E-state index is 9.37. The first-order valence-electron chi connectivity index (χ1n) is 7.22. The minimum atomic E-state index is 0.312. The highest BCUT2D eigenvalue weighted by atomic mass is 16.3. The summed E-state index contributed by atoms with van der Waals surface area (Å²) in [4.78, 5) is 2.47. The Hall–Kier alpha value is -0.120. The molecule has 1 aliphatic heterocycles. The molecule has 17 heavy (non-hydrogen) atoms. The molecule has 3 N–H and O–H groups in total. The molecule has 0 spiro atoms. The summed E-state index contributed by atoms with van der Waals surface area (Å²) in [6, 6.07) is 0.752. The van der Waals surface area contributed by atoms with Crippen LogP contribution in [-0.4, -0.2) is 41.8 Å². The van der Waals surface area contributed by atoms with Crippen LogP contribution in [0.2, 0.25) is 0 Å². The summed E-state index contributed by atoms with van der Waals surface area (Å²) >= 11 is 0. The lowest BCUT2D eigenvalue weighted by Crippen LogP contribution is -2.48. The van der Waals surface area contributed by atoms with Crippen LogP contribution in [-0.2, 0) is 0 Å². The fraction of sp³-hybridized carbons (Fsp3) is 1.00. The number of likely N-dealkylation sites (tertiary alicyclic amines) is 1. The van der Waals surface area contributed by atoms with E-state index in [0.717, 1.165) is 31.3 Å². The Morgan fingerprint density at radius 2 is 2.06 bits per heavy atom. The molecule has 3 nitrogen and oxygen atoms in total. The summed E-state index contributed by atoms with van der Waals surface area (Å²) in [5, 5.41) is 9.37. The molecular weight excluding hydrogens is 212 g/mol. The van der Waals surface area contributed by atoms with E-state index in [1.54, 1.807) is 0 Å². The van der Waals surface area contributed by atoms with Crippen molar-refractivity contribution in [1.82, 2.24) is 4.90 Å². The smallest absolute Gasteiger partial charge is 0.0586 e. The quantitative estimate of drug-likeness (QED) is 0.785. The maximum atomic E-state index is 9.37. The molecule has 100 valence electrons. The van der Waals surface area contributed by atoms with Crippen LogP contribution >= 0.6 is 0 Å². The number of aliphatic hydroxyl groups excluding tert-OH is 1. The zero-order valence-electron chi connectivity index (χ0n) is 11.3.